The van der Waals surface area contributed by atoms with E-state index in [0.29, 0.717) is 13.0 Å². The van der Waals surface area contributed by atoms with Crippen molar-refractivity contribution in [2.45, 2.75) is 37.9 Å². The number of hydrogen-bond donors (Lipinski definition) is 1. The quantitative estimate of drug-likeness (QED) is 0.751. The first-order chi connectivity index (χ1) is 9.70. The summed E-state index contributed by atoms with van der Waals surface area (Å²) in [4.78, 5) is 10.9. The summed E-state index contributed by atoms with van der Waals surface area (Å²) < 4.78 is 7.36. The van der Waals surface area contributed by atoms with Crippen molar-refractivity contribution in [3.63, 3.8) is 0 Å². The lowest BCUT2D eigenvalue weighted by molar-refractivity contribution is -0.118. The minimum Gasteiger partial charge on any atom is -0.467 e. The Labute approximate surface area is 121 Å². The largest absolute Gasteiger partial charge is 0.467 e. The molecule has 7 heteroatoms. The van der Waals surface area contributed by atoms with Gasteiger partial charge in [0.15, 0.2) is 5.16 Å². The summed E-state index contributed by atoms with van der Waals surface area (Å²) in [5, 5.41) is 9.21. The molecule has 1 amide bonds. The van der Waals surface area contributed by atoms with Gasteiger partial charge < -0.3 is 10.2 Å². The Balaban J connectivity index is 2.17. The highest BCUT2D eigenvalue weighted by atomic mass is 32.2. The van der Waals surface area contributed by atoms with Crippen molar-refractivity contribution in [1.29, 1.82) is 0 Å². The van der Waals surface area contributed by atoms with Gasteiger partial charge in [0.05, 0.1) is 12.8 Å². The number of thioether (sulfide) groups is 1. The van der Waals surface area contributed by atoms with Crippen molar-refractivity contribution in [3.8, 4) is 0 Å². The fourth-order valence-electron chi connectivity index (χ4n) is 1.76. The lowest BCUT2D eigenvalue weighted by Crippen LogP contribution is -2.14. The van der Waals surface area contributed by atoms with E-state index in [1.807, 2.05) is 16.7 Å². The van der Waals surface area contributed by atoms with Crippen LogP contribution in [0, 0.1) is 0 Å². The molecule has 2 N–H and O–H groups in total. The number of primary amides is 1. The molecular weight excluding hydrogens is 276 g/mol. The highest BCUT2D eigenvalue weighted by Crippen LogP contribution is 2.20. The van der Waals surface area contributed by atoms with Gasteiger partial charge in [-0.3, -0.25) is 9.36 Å². The van der Waals surface area contributed by atoms with Crippen LogP contribution in [0.2, 0.25) is 0 Å². The number of rotatable bonds is 8. The Kier molecular flexibility index (Phi) is 5.23. The third kappa shape index (κ3) is 3.86. The van der Waals surface area contributed by atoms with Gasteiger partial charge in [-0.25, -0.2) is 0 Å². The third-order valence-corrected chi connectivity index (χ3v) is 3.89. The average molecular weight is 294 g/mol. The van der Waals surface area contributed by atoms with E-state index in [-0.39, 0.29) is 12.3 Å². The molecular formula is C13H18N4O2S. The number of amides is 1. The zero-order valence-electron chi connectivity index (χ0n) is 11.4. The molecule has 0 aliphatic rings. The van der Waals surface area contributed by atoms with E-state index in [0.717, 1.165) is 28.9 Å². The summed E-state index contributed by atoms with van der Waals surface area (Å²) in [5.41, 5.74) is 5.19. The zero-order chi connectivity index (χ0) is 14.4. The average Bonchev–Trinajstić information content (AvgIpc) is 3.05. The second kappa shape index (κ2) is 7.14. The number of nitrogens with zero attached hydrogens (tertiary/aromatic N) is 3. The summed E-state index contributed by atoms with van der Waals surface area (Å²) >= 11 is 1.66. The molecule has 0 fully saturated rings. The fraction of sp³-hybridized carbons (Fsp3) is 0.462. The predicted molar refractivity (Wildman–Crippen MR) is 76.4 cm³/mol. The summed E-state index contributed by atoms with van der Waals surface area (Å²) in [6, 6.07) is 3.76. The van der Waals surface area contributed by atoms with Gasteiger partial charge in [-0.05, 0) is 18.6 Å². The molecule has 0 aromatic carbocycles. The number of hydrogen-bond acceptors (Lipinski definition) is 5. The van der Waals surface area contributed by atoms with Crippen molar-refractivity contribution in [1.82, 2.24) is 14.8 Å². The van der Waals surface area contributed by atoms with E-state index in [1.165, 1.54) is 0 Å². The summed E-state index contributed by atoms with van der Waals surface area (Å²) in [5.74, 6) is 2.24. The molecule has 20 heavy (non-hydrogen) atoms. The Morgan fingerprint density at radius 3 is 3.00 bits per heavy atom. The molecule has 0 bridgehead atoms. The first-order valence-electron chi connectivity index (χ1n) is 6.56. The maximum Gasteiger partial charge on any atom is 0.217 e. The van der Waals surface area contributed by atoms with Crippen molar-refractivity contribution in [2.24, 2.45) is 5.73 Å². The van der Waals surface area contributed by atoms with Crippen LogP contribution in [0.15, 0.2) is 28.0 Å². The minimum absolute atomic E-state index is 0.273. The fourth-order valence-corrected chi connectivity index (χ4v) is 2.57. The van der Waals surface area contributed by atoms with Crippen molar-refractivity contribution >= 4 is 17.7 Å². The van der Waals surface area contributed by atoms with Gasteiger partial charge in [0.2, 0.25) is 5.91 Å². The highest BCUT2D eigenvalue weighted by molar-refractivity contribution is 7.99. The topological polar surface area (TPSA) is 86.9 Å². The van der Waals surface area contributed by atoms with Crippen LogP contribution in [0.25, 0.3) is 0 Å². The summed E-state index contributed by atoms with van der Waals surface area (Å²) in [7, 11) is 0. The van der Waals surface area contributed by atoms with Gasteiger partial charge in [-0.15, -0.1) is 10.2 Å². The van der Waals surface area contributed by atoms with Crippen LogP contribution >= 0.6 is 11.8 Å². The molecule has 0 aliphatic heterocycles. The van der Waals surface area contributed by atoms with Gasteiger partial charge in [0.1, 0.15) is 11.6 Å². The van der Waals surface area contributed by atoms with Crippen LogP contribution in [0.4, 0.5) is 0 Å². The van der Waals surface area contributed by atoms with E-state index < -0.39 is 0 Å². The molecule has 0 spiro atoms. The van der Waals surface area contributed by atoms with Crippen LogP contribution < -0.4 is 5.73 Å². The molecule has 0 saturated carbocycles. The second-order valence-electron chi connectivity index (χ2n) is 4.38. The molecule has 0 atom stereocenters. The van der Waals surface area contributed by atoms with Crippen LogP contribution in [0.1, 0.15) is 31.4 Å². The first-order valence-corrected chi connectivity index (χ1v) is 7.54. The normalized spacial score (nSPS) is 10.8. The molecule has 2 heterocycles. The zero-order valence-corrected chi connectivity index (χ0v) is 12.2. The molecule has 2 aromatic rings. The number of aromatic nitrogens is 3. The molecule has 108 valence electrons. The molecule has 2 rings (SSSR count). The smallest absolute Gasteiger partial charge is 0.217 e. The number of aryl methyl sites for hydroxylation is 1. The predicted octanol–water partition coefficient (Wildman–Crippen LogP) is 1.84. The van der Waals surface area contributed by atoms with E-state index >= 15 is 0 Å². The maximum atomic E-state index is 10.9. The molecule has 0 unspecified atom stereocenters. The second-order valence-corrected chi connectivity index (χ2v) is 5.44. The standard InChI is InChI=1S/C13H18N4O2S/c1-2-8-20-13-16-15-12(6-5-11(14)18)17(13)9-10-4-3-7-19-10/h3-4,7H,2,5-6,8-9H2,1H3,(H2,14,18). The number of carbonyl (C=O) groups is 1. The lowest BCUT2D eigenvalue weighted by atomic mass is 10.3. The molecule has 2 aromatic heterocycles. The molecule has 0 saturated heterocycles. The van der Waals surface area contributed by atoms with Gasteiger partial charge >= 0.3 is 0 Å². The summed E-state index contributed by atoms with van der Waals surface area (Å²) in [6.45, 7) is 2.69. The van der Waals surface area contributed by atoms with E-state index in [4.69, 9.17) is 10.2 Å². The number of nitrogens with two attached hydrogens (primary N) is 1. The Hall–Kier alpha value is -1.76. The Morgan fingerprint density at radius 1 is 1.50 bits per heavy atom. The lowest BCUT2D eigenvalue weighted by Gasteiger charge is -2.07. The van der Waals surface area contributed by atoms with E-state index in [2.05, 4.69) is 17.1 Å². The molecule has 0 aliphatic carbocycles. The monoisotopic (exact) mass is 294 g/mol. The highest BCUT2D eigenvalue weighted by Gasteiger charge is 2.14. The van der Waals surface area contributed by atoms with Gasteiger partial charge in [-0.2, -0.15) is 0 Å². The maximum absolute atomic E-state index is 10.9. The van der Waals surface area contributed by atoms with Gasteiger partial charge in [0.25, 0.3) is 0 Å². The van der Waals surface area contributed by atoms with Crippen LogP contribution in [-0.4, -0.2) is 26.4 Å². The van der Waals surface area contributed by atoms with E-state index in [9.17, 15) is 4.79 Å². The van der Waals surface area contributed by atoms with Crippen molar-refractivity contribution < 1.29 is 9.21 Å². The van der Waals surface area contributed by atoms with Crippen LogP contribution in [0.3, 0.4) is 0 Å². The Morgan fingerprint density at radius 2 is 2.35 bits per heavy atom. The van der Waals surface area contributed by atoms with Crippen LogP contribution in [-0.2, 0) is 17.8 Å². The van der Waals surface area contributed by atoms with Gasteiger partial charge in [-0.1, -0.05) is 18.7 Å². The summed E-state index contributed by atoms with van der Waals surface area (Å²) in [6.07, 6.45) is 3.47. The number of furan rings is 1. The van der Waals surface area contributed by atoms with Crippen molar-refractivity contribution in [2.75, 3.05) is 5.75 Å². The third-order valence-electron chi connectivity index (χ3n) is 2.72. The molecule has 6 nitrogen and oxygen atoms in total. The first kappa shape index (κ1) is 14.6. The SMILES string of the molecule is CCCSc1nnc(CCC(N)=O)n1Cc1ccco1. The van der Waals surface area contributed by atoms with Gasteiger partial charge in [0, 0.05) is 18.6 Å². The van der Waals surface area contributed by atoms with Crippen LogP contribution in [0.5, 0.6) is 0 Å². The minimum atomic E-state index is -0.333. The van der Waals surface area contributed by atoms with E-state index in [1.54, 1.807) is 18.0 Å². The Bertz CT molecular complexity index is 551. The molecule has 0 radical (unpaired) electrons. The van der Waals surface area contributed by atoms with Crippen molar-refractivity contribution in [3.05, 3.63) is 30.0 Å². The number of carbonyl (C=O) groups excluding carboxylic acids is 1.